The summed E-state index contributed by atoms with van der Waals surface area (Å²) in [6, 6.07) is 5.11. The number of carbonyl (C=O) groups is 2. The molecule has 0 bridgehead atoms. The van der Waals surface area contributed by atoms with Crippen LogP contribution in [-0.2, 0) is 4.79 Å². The van der Waals surface area contributed by atoms with Gasteiger partial charge in [0.25, 0.3) is 0 Å². The van der Waals surface area contributed by atoms with Gasteiger partial charge in [0.05, 0.1) is 19.8 Å². The minimum absolute atomic E-state index is 0.0175. The van der Waals surface area contributed by atoms with Gasteiger partial charge in [-0.3, -0.25) is 9.59 Å². The molecule has 1 rings (SSSR count). The quantitative estimate of drug-likeness (QED) is 0.556. The summed E-state index contributed by atoms with van der Waals surface area (Å²) in [4.78, 5) is 22.5. The first-order chi connectivity index (χ1) is 9.58. The van der Waals surface area contributed by atoms with E-state index in [1.165, 1.54) is 7.11 Å². The molecular weight excluding hydrogens is 260 g/mol. The van der Waals surface area contributed by atoms with Crippen LogP contribution in [0.3, 0.4) is 0 Å². The molecule has 0 aromatic heterocycles. The van der Waals surface area contributed by atoms with Crippen LogP contribution in [0.25, 0.3) is 0 Å². The molecular formula is C15H20O5. The molecule has 0 amide bonds. The maximum absolute atomic E-state index is 12.1. The van der Waals surface area contributed by atoms with Crippen molar-refractivity contribution in [1.82, 2.24) is 0 Å². The lowest BCUT2D eigenvalue weighted by Gasteiger charge is -2.09. The fourth-order valence-corrected chi connectivity index (χ4v) is 1.91. The van der Waals surface area contributed by atoms with Crippen molar-refractivity contribution in [3.8, 4) is 11.5 Å². The number of rotatable bonds is 9. The van der Waals surface area contributed by atoms with E-state index in [1.54, 1.807) is 25.3 Å². The summed E-state index contributed by atoms with van der Waals surface area (Å²) < 4.78 is 10.3. The second-order valence-electron chi connectivity index (χ2n) is 4.44. The van der Waals surface area contributed by atoms with E-state index in [1.807, 2.05) is 0 Å². The number of unbranched alkanes of at least 4 members (excludes halogenated alkanes) is 2. The van der Waals surface area contributed by atoms with E-state index < -0.39 is 5.97 Å². The zero-order valence-electron chi connectivity index (χ0n) is 11.8. The summed E-state index contributed by atoms with van der Waals surface area (Å²) >= 11 is 0. The van der Waals surface area contributed by atoms with Gasteiger partial charge in [0.15, 0.2) is 5.78 Å². The molecule has 0 saturated carbocycles. The lowest BCUT2D eigenvalue weighted by atomic mass is 10.0. The zero-order chi connectivity index (χ0) is 15.0. The first-order valence-corrected chi connectivity index (χ1v) is 6.55. The highest BCUT2D eigenvalue weighted by molar-refractivity contribution is 5.99. The van der Waals surface area contributed by atoms with E-state index in [0.29, 0.717) is 36.3 Å². The zero-order valence-corrected chi connectivity index (χ0v) is 11.8. The van der Waals surface area contributed by atoms with Crippen LogP contribution < -0.4 is 9.47 Å². The molecule has 0 spiro atoms. The van der Waals surface area contributed by atoms with Gasteiger partial charge in [-0.05, 0) is 31.0 Å². The summed E-state index contributed by atoms with van der Waals surface area (Å²) in [5.74, 6) is 0.322. The molecule has 0 aliphatic heterocycles. The van der Waals surface area contributed by atoms with Gasteiger partial charge in [0.1, 0.15) is 11.5 Å². The largest absolute Gasteiger partial charge is 0.497 e. The van der Waals surface area contributed by atoms with Crippen LogP contribution in [-0.4, -0.2) is 31.1 Å². The van der Waals surface area contributed by atoms with E-state index in [2.05, 4.69) is 0 Å². The fourth-order valence-electron chi connectivity index (χ4n) is 1.91. The molecule has 0 saturated heterocycles. The summed E-state index contributed by atoms with van der Waals surface area (Å²) in [6.07, 6.45) is 2.52. The van der Waals surface area contributed by atoms with E-state index >= 15 is 0 Å². The molecule has 20 heavy (non-hydrogen) atoms. The molecule has 1 N–H and O–H groups in total. The van der Waals surface area contributed by atoms with E-state index in [0.717, 1.165) is 6.42 Å². The maximum Gasteiger partial charge on any atom is 0.303 e. The maximum atomic E-state index is 12.1. The van der Waals surface area contributed by atoms with Gasteiger partial charge < -0.3 is 14.6 Å². The van der Waals surface area contributed by atoms with Crippen molar-refractivity contribution in [2.45, 2.75) is 32.1 Å². The number of Topliss-reactive ketones (excluding diaryl/α,β-unsaturated/α-hetero) is 1. The number of hydrogen-bond donors (Lipinski definition) is 1. The van der Waals surface area contributed by atoms with Crippen LogP contribution in [0.4, 0.5) is 0 Å². The van der Waals surface area contributed by atoms with Crippen LogP contribution in [0.1, 0.15) is 42.5 Å². The van der Waals surface area contributed by atoms with E-state index in [-0.39, 0.29) is 12.2 Å². The number of carboxylic acids is 1. The smallest absolute Gasteiger partial charge is 0.303 e. The molecule has 0 atom stereocenters. The molecule has 0 unspecified atom stereocenters. The topological polar surface area (TPSA) is 72.8 Å². The third-order valence-corrected chi connectivity index (χ3v) is 3.00. The Hall–Kier alpha value is -2.04. The fraction of sp³-hybridized carbons (Fsp3) is 0.467. The molecule has 5 heteroatoms. The Labute approximate surface area is 118 Å². The summed E-state index contributed by atoms with van der Waals surface area (Å²) in [5, 5.41) is 8.53. The van der Waals surface area contributed by atoms with Crippen molar-refractivity contribution in [1.29, 1.82) is 0 Å². The number of hydrogen-bond acceptors (Lipinski definition) is 4. The number of carboxylic acid groups (broad SMARTS) is 1. The number of ether oxygens (including phenoxy) is 2. The molecule has 110 valence electrons. The van der Waals surface area contributed by atoms with Crippen molar-refractivity contribution in [2.24, 2.45) is 0 Å². The number of benzene rings is 1. The molecule has 1 aromatic rings. The first-order valence-electron chi connectivity index (χ1n) is 6.55. The molecule has 0 aliphatic rings. The second-order valence-corrected chi connectivity index (χ2v) is 4.44. The molecule has 0 aliphatic carbocycles. The first kappa shape index (κ1) is 16.0. The van der Waals surface area contributed by atoms with Gasteiger partial charge in [-0.25, -0.2) is 0 Å². The van der Waals surface area contributed by atoms with Crippen LogP contribution >= 0.6 is 0 Å². The lowest BCUT2D eigenvalue weighted by molar-refractivity contribution is -0.137. The van der Waals surface area contributed by atoms with Crippen molar-refractivity contribution in [2.75, 3.05) is 14.2 Å². The molecule has 0 radical (unpaired) electrons. The van der Waals surface area contributed by atoms with Gasteiger partial charge in [-0.15, -0.1) is 0 Å². The Balaban J connectivity index is 2.55. The Kier molecular flexibility index (Phi) is 6.56. The lowest BCUT2D eigenvalue weighted by Crippen LogP contribution is -2.03. The minimum atomic E-state index is -0.800. The highest BCUT2D eigenvalue weighted by Crippen LogP contribution is 2.25. The van der Waals surface area contributed by atoms with Crippen LogP contribution in [0, 0.1) is 0 Å². The Morgan fingerprint density at radius 3 is 2.35 bits per heavy atom. The molecule has 0 fully saturated rings. The molecule has 1 aromatic carbocycles. The number of carbonyl (C=O) groups excluding carboxylic acids is 1. The summed E-state index contributed by atoms with van der Waals surface area (Å²) in [7, 11) is 3.06. The average molecular weight is 280 g/mol. The average Bonchev–Trinajstić information content (AvgIpc) is 2.45. The highest BCUT2D eigenvalue weighted by atomic mass is 16.5. The Bertz CT molecular complexity index is 467. The molecule has 0 heterocycles. The van der Waals surface area contributed by atoms with Gasteiger partial charge in [0.2, 0.25) is 0 Å². The monoisotopic (exact) mass is 280 g/mol. The summed E-state index contributed by atoms with van der Waals surface area (Å²) in [6.45, 7) is 0. The van der Waals surface area contributed by atoms with Gasteiger partial charge in [0, 0.05) is 12.8 Å². The van der Waals surface area contributed by atoms with Gasteiger partial charge >= 0.3 is 5.97 Å². The third-order valence-electron chi connectivity index (χ3n) is 3.00. The van der Waals surface area contributed by atoms with E-state index in [4.69, 9.17) is 14.6 Å². The second kappa shape index (κ2) is 8.19. The Morgan fingerprint density at radius 2 is 1.75 bits per heavy atom. The number of aliphatic carboxylic acids is 1. The van der Waals surface area contributed by atoms with Crippen molar-refractivity contribution in [3.63, 3.8) is 0 Å². The standard InChI is InChI=1S/C15H20O5/c1-19-11-8-9-14(20-2)12(10-11)13(16)6-4-3-5-7-15(17)18/h8-10H,3-7H2,1-2H3,(H,17,18). The van der Waals surface area contributed by atoms with Gasteiger partial charge in [-0.2, -0.15) is 0 Å². The minimum Gasteiger partial charge on any atom is -0.497 e. The Morgan fingerprint density at radius 1 is 1.05 bits per heavy atom. The van der Waals surface area contributed by atoms with Crippen molar-refractivity contribution in [3.05, 3.63) is 23.8 Å². The van der Waals surface area contributed by atoms with Crippen LogP contribution in [0.5, 0.6) is 11.5 Å². The summed E-state index contributed by atoms with van der Waals surface area (Å²) in [5.41, 5.74) is 0.505. The van der Waals surface area contributed by atoms with Crippen molar-refractivity contribution < 1.29 is 24.2 Å². The van der Waals surface area contributed by atoms with E-state index in [9.17, 15) is 9.59 Å². The van der Waals surface area contributed by atoms with Crippen LogP contribution in [0.2, 0.25) is 0 Å². The predicted octanol–water partition coefficient (Wildman–Crippen LogP) is 2.92. The number of ketones is 1. The third kappa shape index (κ3) is 4.91. The van der Waals surface area contributed by atoms with Crippen molar-refractivity contribution >= 4 is 11.8 Å². The van der Waals surface area contributed by atoms with Gasteiger partial charge in [-0.1, -0.05) is 6.42 Å². The SMILES string of the molecule is COc1ccc(OC)c(C(=O)CCCCCC(=O)O)c1. The normalized spacial score (nSPS) is 10.1. The predicted molar refractivity (Wildman–Crippen MR) is 74.6 cm³/mol. The van der Waals surface area contributed by atoms with Crippen LogP contribution in [0.15, 0.2) is 18.2 Å². The number of methoxy groups -OCH3 is 2. The highest BCUT2D eigenvalue weighted by Gasteiger charge is 2.13. The molecule has 5 nitrogen and oxygen atoms in total.